The summed E-state index contributed by atoms with van der Waals surface area (Å²) in [5, 5.41) is 0. The van der Waals surface area contributed by atoms with Gasteiger partial charge in [-0.1, -0.05) is 35.1 Å². The monoisotopic (exact) mass is 312 g/mol. The molecule has 0 aromatic carbocycles. The van der Waals surface area contributed by atoms with Gasteiger partial charge >= 0.3 is 12.4 Å². The Hall–Kier alpha value is -0.750. The van der Waals surface area contributed by atoms with E-state index in [0.717, 1.165) is 6.92 Å². The van der Waals surface area contributed by atoms with Crippen LogP contribution in [-0.2, 0) is 4.79 Å². The van der Waals surface area contributed by atoms with Gasteiger partial charge in [0.05, 0.1) is 0 Å². The molecule has 7 heteroatoms. The van der Waals surface area contributed by atoms with Gasteiger partial charge in [0, 0.05) is 25.7 Å². The number of alkyl halides is 6. The number of ketones is 1. The maximum absolute atomic E-state index is 11.1. The zero-order valence-corrected chi connectivity index (χ0v) is 11.7. The minimum absolute atomic E-state index is 0. The fraction of sp³-hybridized carbons (Fsp3) is 0.923. The smallest absolute Gasteiger partial charge is 0.300 e. The SMILES string of the molecule is C.CCC(=O)CC.CCC(F)(F)F.CCCC(F)(F)F. The van der Waals surface area contributed by atoms with E-state index in [1.807, 2.05) is 13.8 Å². The summed E-state index contributed by atoms with van der Waals surface area (Å²) < 4.78 is 65.5. The van der Waals surface area contributed by atoms with Gasteiger partial charge in [-0.05, 0) is 6.42 Å². The number of Topliss-reactive ketones (excluding diaryl/α,β-unsaturated/α-hetero) is 1. The van der Waals surface area contributed by atoms with Crippen molar-refractivity contribution in [2.75, 3.05) is 0 Å². The van der Waals surface area contributed by atoms with E-state index in [-0.39, 0.29) is 13.8 Å². The van der Waals surface area contributed by atoms with Gasteiger partial charge in [0.25, 0.3) is 0 Å². The van der Waals surface area contributed by atoms with Gasteiger partial charge in [0.2, 0.25) is 0 Å². The largest absolute Gasteiger partial charge is 0.389 e. The van der Waals surface area contributed by atoms with Gasteiger partial charge in [-0.2, -0.15) is 26.3 Å². The topological polar surface area (TPSA) is 17.1 Å². The molecule has 1 nitrogen and oxygen atoms in total. The van der Waals surface area contributed by atoms with Crippen LogP contribution in [0.3, 0.4) is 0 Å². The second-order valence-electron chi connectivity index (χ2n) is 3.58. The normalized spacial score (nSPS) is 10.3. The number of rotatable bonds is 3. The third-order valence-corrected chi connectivity index (χ3v) is 1.72. The predicted molar refractivity (Wildman–Crippen MR) is 69.6 cm³/mol. The molecule has 0 aromatic rings. The Kier molecular flexibility index (Phi) is 20.2. The Morgan fingerprint density at radius 2 is 1.10 bits per heavy atom. The Labute approximate surface area is 117 Å². The predicted octanol–water partition coefficient (Wildman–Crippen LogP) is 6.32. The number of hydrogen-bond acceptors (Lipinski definition) is 1. The molecule has 126 valence electrons. The maximum atomic E-state index is 11.1. The molecule has 0 aliphatic rings. The molecule has 0 amide bonds. The highest BCUT2D eigenvalue weighted by Gasteiger charge is 2.24. The maximum Gasteiger partial charge on any atom is 0.389 e. The van der Waals surface area contributed by atoms with Gasteiger partial charge in [-0.25, -0.2) is 0 Å². The summed E-state index contributed by atoms with van der Waals surface area (Å²) in [6.45, 7) is 6.35. The molecule has 0 saturated heterocycles. The van der Waals surface area contributed by atoms with Crippen LogP contribution in [-0.4, -0.2) is 18.1 Å². The summed E-state index contributed by atoms with van der Waals surface area (Å²) in [5.41, 5.74) is 0. The average Bonchev–Trinajstić information content (AvgIpc) is 2.27. The van der Waals surface area contributed by atoms with E-state index in [4.69, 9.17) is 0 Å². The molecule has 0 aliphatic heterocycles. The van der Waals surface area contributed by atoms with Crippen molar-refractivity contribution in [2.45, 2.75) is 79.6 Å². The lowest BCUT2D eigenvalue weighted by Gasteiger charge is -2.00. The summed E-state index contributed by atoms with van der Waals surface area (Å²) in [5.74, 6) is 0.343. The van der Waals surface area contributed by atoms with Crippen molar-refractivity contribution in [1.29, 1.82) is 0 Å². The molecule has 0 unspecified atom stereocenters. The molecule has 20 heavy (non-hydrogen) atoms. The molecular formula is C13H26F6O. The van der Waals surface area contributed by atoms with Crippen LogP contribution in [0.1, 0.15) is 67.2 Å². The lowest BCUT2D eigenvalue weighted by molar-refractivity contribution is -0.134. The van der Waals surface area contributed by atoms with Crippen molar-refractivity contribution >= 4 is 5.78 Å². The lowest BCUT2D eigenvalue weighted by atomic mass is 10.3. The molecule has 0 atom stereocenters. The summed E-state index contributed by atoms with van der Waals surface area (Å²) in [4.78, 5) is 10.2. The average molecular weight is 312 g/mol. The van der Waals surface area contributed by atoms with E-state index < -0.39 is 25.2 Å². The van der Waals surface area contributed by atoms with Crippen molar-refractivity contribution in [2.24, 2.45) is 0 Å². The Morgan fingerprint density at radius 1 is 0.800 bits per heavy atom. The van der Waals surface area contributed by atoms with Crippen LogP contribution in [0.5, 0.6) is 0 Å². The highest BCUT2D eigenvalue weighted by Crippen LogP contribution is 2.20. The Morgan fingerprint density at radius 3 is 1.10 bits per heavy atom. The number of hydrogen-bond donors (Lipinski definition) is 0. The third-order valence-electron chi connectivity index (χ3n) is 1.72. The van der Waals surface area contributed by atoms with E-state index in [2.05, 4.69) is 0 Å². The van der Waals surface area contributed by atoms with Crippen LogP contribution in [0.2, 0.25) is 0 Å². The van der Waals surface area contributed by atoms with Crippen LogP contribution in [0.4, 0.5) is 26.3 Å². The number of halogens is 6. The summed E-state index contributed by atoms with van der Waals surface area (Å²) in [7, 11) is 0. The molecule has 0 fully saturated rings. The highest BCUT2D eigenvalue weighted by atomic mass is 19.4. The first-order valence-corrected chi connectivity index (χ1v) is 6.08. The van der Waals surface area contributed by atoms with E-state index in [9.17, 15) is 31.1 Å². The molecule has 0 saturated carbocycles. The minimum atomic E-state index is -3.96. The first kappa shape index (κ1) is 27.6. The Bertz CT molecular complexity index is 202. The molecule has 0 radical (unpaired) electrons. The van der Waals surface area contributed by atoms with Crippen LogP contribution < -0.4 is 0 Å². The molecule has 0 rings (SSSR count). The number of carbonyl (C=O) groups excluding carboxylic acids is 1. The van der Waals surface area contributed by atoms with Crippen molar-refractivity contribution in [3.63, 3.8) is 0 Å². The minimum Gasteiger partial charge on any atom is -0.300 e. The standard InChI is InChI=1S/C5H10O.C4H7F3.C3H5F3.CH4/c1-3-5(6)4-2;1-2-3-4(5,6)7;1-2-3(4,5)6;/h3-4H2,1-2H3;2-3H2,1H3;2H2,1H3;1H4. The highest BCUT2D eigenvalue weighted by molar-refractivity contribution is 5.77. The van der Waals surface area contributed by atoms with Gasteiger partial charge < -0.3 is 0 Å². The van der Waals surface area contributed by atoms with E-state index >= 15 is 0 Å². The van der Waals surface area contributed by atoms with Crippen LogP contribution in [0.25, 0.3) is 0 Å². The molecule has 0 aliphatic carbocycles. The van der Waals surface area contributed by atoms with Gasteiger partial charge in [-0.15, -0.1) is 0 Å². The van der Waals surface area contributed by atoms with Crippen molar-refractivity contribution in [1.82, 2.24) is 0 Å². The van der Waals surface area contributed by atoms with Gasteiger partial charge in [-0.3, -0.25) is 4.79 Å². The molecule has 0 aromatic heterocycles. The first-order valence-electron chi connectivity index (χ1n) is 6.08. The van der Waals surface area contributed by atoms with Crippen molar-refractivity contribution in [3.05, 3.63) is 0 Å². The molecular weight excluding hydrogens is 286 g/mol. The second kappa shape index (κ2) is 14.7. The third kappa shape index (κ3) is 43.4. The molecule has 0 bridgehead atoms. The van der Waals surface area contributed by atoms with E-state index in [1.54, 1.807) is 0 Å². The molecule has 0 spiro atoms. The molecule has 0 heterocycles. The van der Waals surface area contributed by atoms with E-state index in [0.29, 0.717) is 18.6 Å². The zero-order chi connectivity index (χ0) is 16.1. The fourth-order valence-electron chi connectivity index (χ4n) is 0.533. The van der Waals surface area contributed by atoms with Crippen molar-refractivity contribution < 1.29 is 31.1 Å². The van der Waals surface area contributed by atoms with Crippen LogP contribution in [0.15, 0.2) is 0 Å². The summed E-state index contributed by atoms with van der Waals surface area (Å²) in [6, 6.07) is 0. The van der Waals surface area contributed by atoms with Crippen LogP contribution in [0, 0.1) is 0 Å². The number of carbonyl (C=O) groups is 1. The van der Waals surface area contributed by atoms with Crippen molar-refractivity contribution in [3.8, 4) is 0 Å². The van der Waals surface area contributed by atoms with E-state index in [1.165, 1.54) is 6.92 Å². The van der Waals surface area contributed by atoms with Gasteiger partial charge in [0.15, 0.2) is 0 Å². The van der Waals surface area contributed by atoms with Crippen LogP contribution >= 0.6 is 0 Å². The lowest BCUT2D eigenvalue weighted by Crippen LogP contribution is -2.04. The summed E-state index contributed by atoms with van der Waals surface area (Å²) in [6.07, 6.45) is -7.73. The van der Waals surface area contributed by atoms with Gasteiger partial charge in [0.1, 0.15) is 5.78 Å². The molecule has 0 N–H and O–H groups in total. The second-order valence-corrected chi connectivity index (χ2v) is 3.58. The fourth-order valence-corrected chi connectivity index (χ4v) is 0.533. The quantitative estimate of drug-likeness (QED) is 0.557. The Balaban J connectivity index is -0.0000000941. The first-order chi connectivity index (χ1) is 8.43. The summed E-state index contributed by atoms with van der Waals surface area (Å²) >= 11 is 0. The zero-order valence-electron chi connectivity index (χ0n) is 11.7.